The van der Waals surface area contributed by atoms with E-state index >= 15 is 0 Å². The van der Waals surface area contributed by atoms with Gasteiger partial charge in [0, 0.05) is 30.7 Å². The van der Waals surface area contributed by atoms with Crippen LogP contribution in [-0.4, -0.2) is 32.7 Å². The summed E-state index contributed by atoms with van der Waals surface area (Å²) in [6.07, 6.45) is 0.931. The van der Waals surface area contributed by atoms with E-state index in [0.717, 1.165) is 14.3 Å². The predicted molar refractivity (Wildman–Crippen MR) is 103 cm³/mol. The summed E-state index contributed by atoms with van der Waals surface area (Å²) in [5.74, 6) is -0.156. The number of nitrogens with one attached hydrogen (secondary N) is 1. The van der Waals surface area contributed by atoms with Crippen LogP contribution in [0, 0.1) is 6.92 Å². The van der Waals surface area contributed by atoms with Gasteiger partial charge in [-0.1, -0.05) is 34.1 Å². The number of hydrogen-bond donors (Lipinski definition) is 1. The molecule has 0 saturated carbocycles. The number of carbonyl (C=O) groups is 1. The van der Waals surface area contributed by atoms with E-state index in [0.29, 0.717) is 24.1 Å². The maximum Gasteiger partial charge on any atom is 0.242 e. The Labute approximate surface area is 157 Å². The second-order valence-electron chi connectivity index (χ2n) is 5.95. The number of rotatable bonds is 6. The Bertz CT molecular complexity index is 880. The first-order chi connectivity index (χ1) is 11.7. The minimum atomic E-state index is -3.55. The van der Waals surface area contributed by atoms with Crippen LogP contribution in [0.15, 0.2) is 51.8 Å². The Balaban J connectivity index is 2.09. The summed E-state index contributed by atoms with van der Waals surface area (Å²) in [7, 11) is -0.581. The zero-order valence-corrected chi connectivity index (χ0v) is 16.8. The molecule has 2 rings (SSSR count). The number of aryl methyl sites for hydroxylation is 2. The maximum atomic E-state index is 12.3. The second kappa shape index (κ2) is 8.12. The fourth-order valence-electron chi connectivity index (χ4n) is 2.33. The molecule has 0 aliphatic carbocycles. The summed E-state index contributed by atoms with van der Waals surface area (Å²) in [6, 6.07) is 12.7. The van der Waals surface area contributed by atoms with Crippen molar-refractivity contribution < 1.29 is 13.2 Å². The quantitative estimate of drug-likeness (QED) is 0.770. The van der Waals surface area contributed by atoms with Gasteiger partial charge in [0.1, 0.15) is 0 Å². The Morgan fingerprint density at radius 1 is 1.16 bits per heavy atom. The third-order valence-electron chi connectivity index (χ3n) is 3.76. The molecule has 1 N–H and O–H groups in total. The number of hydrogen-bond acceptors (Lipinski definition) is 3. The zero-order chi connectivity index (χ0) is 18.6. The summed E-state index contributed by atoms with van der Waals surface area (Å²) in [5, 5.41) is 2.77. The van der Waals surface area contributed by atoms with Crippen molar-refractivity contribution in [3.05, 3.63) is 58.1 Å². The van der Waals surface area contributed by atoms with Crippen molar-refractivity contribution in [2.45, 2.75) is 24.7 Å². The highest BCUT2D eigenvalue weighted by Gasteiger charge is 2.20. The van der Waals surface area contributed by atoms with Gasteiger partial charge in [-0.15, -0.1) is 0 Å². The van der Waals surface area contributed by atoms with Crippen molar-refractivity contribution in [2.75, 3.05) is 19.4 Å². The van der Waals surface area contributed by atoms with Gasteiger partial charge in [0.2, 0.25) is 15.9 Å². The first-order valence-electron chi connectivity index (χ1n) is 7.77. The van der Waals surface area contributed by atoms with E-state index in [1.54, 1.807) is 19.1 Å². The Hall–Kier alpha value is -1.70. The highest BCUT2D eigenvalue weighted by atomic mass is 79.9. The Morgan fingerprint density at radius 3 is 2.52 bits per heavy atom. The molecule has 5 nitrogen and oxygen atoms in total. The van der Waals surface area contributed by atoms with Gasteiger partial charge >= 0.3 is 0 Å². The molecule has 0 radical (unpaired) electrons. The second-order valence-corrected chi connectivity index (χ2v) is 8.98. The van der Waals surface area contributed by atoms with Gasteiger partial charge in [0.05, 0.1) is 4.90 Å². The molecule has 0 aromatic heterocycles. The molecule has 0 aliphatic rings. The number of amides is 1. The molecule has 0 spiro atoms. The molecular weight excluding hydrogens is 404 g/mol. The topological polar surface area (TPSA) is 66.5 Å². The van der Waals surface area contributed by atoms with Crippen LogP contribution in [0.5, 0.6) is 0 Å². The summed E-state index contributed by atoms with van der Waals surface area (Å²) >= 11 is 3.41. The molecular formula is C18H21BrN2O3S. The van der Waals surface area contributed by atoms with Crippen LogP contribution in [0.2, 0.25) is 0 Å². The van der Waals surface area contributed by atoms with Crippen LogP contribution in [0.4, 0.5) is 5.69 Å². The molecule has 0 aliphatic heterocycles. The van der Waals surface area contributed by atoms with E-state index in [1.807, 2.05) is 24.3 Å². The van der Waals surface area contributed by atoms with Crippen molar-refractivity contribution in [2.24, 2.45) is 0 Å². The van der Waals surface area contributed by atoms with Crippen LogP contribution >= 0.6 is 15.9 Å². The molecule has 2 aromatic rings. The van der Waals surface area contributed by atoms with E-state index in [2.05, 4.69) is 21.2 Å². The average molecular weight is 425 g/mol. The van der Waals surface area contributed by atoms with Crippen LogP contribution in [0.1, 0.15) is 17.5 Å². The van der Waals surface area contributed by atoms with E-state index in [1.165, 1.54) is 20.2 Å². The molecule has 0 fully saturated rings. The molecule has 2 aromatic carbocycles. The standard InChI is InChI=1S/C18H21BrN2O3S/c1-13-7-9-16(12-17(13)25(23,24)21(2)3)20-18(22)10-8-14-5-4-6-15(19)11-14/h4-7,9,11-12H,8,10H2,1-3H3,(H,20,22). The van der Waals surface area contributed by atoms with Crippen LogP contribution < -0.4 is 5.32 Å². The van der Waals surface area contributed by atoms with Gasteiger partial charge in [0.15, 0.2) is 0 Å². The molecule has 25 heavy (non-hydrogen) atoms. The summed E-state index contributed by atoms with van der Waals surface area (Å²) < 4.78 is 26.8. The number of nitrogens with zero attached hydrogens (tertiary/aromatic N) is 1. The lowest BCUT2D eigenvalue weighted by molar-refractivity contribution is -0.116. The van der Waals surface area contributed by atoms with Crippen LogP contribution in [-0.2, 0) is 21.2 Å². The third-order valence-corrected chi connectivity index (χ3v) is 6.21. The number of benzene rings is 2. The molecule has 0 saturated heterocycles. The first kappa shape index (κ1) is 19.6. The molecule has 0 atom stereocenters. The molecule has 1 amide bonds. The van der Waals surface area contributed by atoms with Crippen LogP contribution in [0.3, 0.4) is 0 Å². The monoisotopic (exact) mass is 424 g/mol. The number of anilines is 1. The summed E-state index contributed by atoms with van der Waals surface area (Å²) in [4.78, 5) is 12.4. The molecule has 0 heterocycles. The van der Waals surface area contributed by atoms with Crippen molar-refractivity contribution in [3.8, 4) is 0 Å². The largest absolute Gasteiger partial charge is 0.326 e. The predicted octanol–water partition coefficient (Wildman–Crippen LogP) is 3.58. The SMILES string of the molecule is Cc1ccc(NC(=O)CCc2cccc(Br)c2)cc1S(=O)(=O)N(C)C. The number of sulfonamides is 1. The van der Waals surface area contributed by atoms with Crippen molar-refractivity contribution >= 4 is 37.5 Å². The Morgan fingerprint density at radius 2 is 1.88 bits per heavy atom. The van der Waals surface area contributed by atoms with E-state index in [4.69, 9.17) is 0 Å². The fraction of sp³-hybridized carbons (Fsp3) is 0.278. The van der Waals surface area contributed by atoms with Crippen LogP contribution in [0.25, 0.3) is 0 Å². The fourth-order valence-corrected chi connectivity index (χ4v) is 3.92. The van der Waals surface area contributed by atoms with Crippen molar-refractivity contribution in [1.29, 1.82) is 0 Å². The van der Waals surface area contributed by atoms with Gasteiger partial charge in [-0.25, -0.2) is 12.7 Å². The summed E-state index contributed by atoms with van der Waals surface area (Å²) in [5.41, 5.74) is 2.18. The van der Waals surface area contributed by atoms with E-state index in [-0.39, 0.29) is 10.8 Å². The van der Waals surface area contributed by atoms with Crippen molar-refractivity contribution in [3.63, 3.8) is 0 Å². The molecule has 134 valence electrons. The third kappa shape index (κ3) is 5.14. The zero-order valence-electron chi connectivity index (χ0n) is 14.4. The van der Waals surface area contributed by atoms with Gasteiger partial charge in [-0.05, 0) is 48.7 Å². The van der Waals surface area contributed by atoms with E-state index < -0.39 is 10.0 Å². The normalized spacial score (nSPS) is 11.6. The molecule has 7 heteroatoms. The minimum absolute atomic E-state index is 0.156. The smallest absolute Gasteiger partial charge is 0.242 e. The molecule has 0 unspecified atom stereocenters. The minimum Gasteiger partial charge on any atom is -0.326 e. The lowest BCUT2D eigenvalue weighted by atomic mass is 10.1. The Kier molecular flexibility index (Phi) is 6.37. The number of halogens is 1. The summed E-state index contributed by atoms with van der Waals surface area (Å²) in [6.45, 7) is 1.73. The van der Waals surface area contributed by atoms with Gasteiger partial charge in [0.25, 0.3) is 0 Å². The number of carbonyl (C=O) groups excluding carboxylic acids is 1. The average Bonchev–Trinajstić information content (AvgIpc) is 2.54. The van der Waals surface area contributed by atoms with Crippen molar-refractivity contribution in [1.82, 2.24) is 4.31 Å². The van der Waals surface area contributed by atoms with E-state index in [9.17, 15) is 13.2 Å². The lowest BCUT2D eigenvalue weighted by Crippen LogP contribution is -2.23. The van der Waals surface area contributed by atoms with Gasteiger partial charge in [-0.3, -0.25) is 4.79 Å². The highest BCUT2D eigenvalue weighted by molar-refractivity contribution is 9.10. The highest BCUT2D eigenvalue weighted by Crippen LogP contribution is 2.22. The lowest BCUT2D eigenvalue weighted by Gasteiger charge is -2.15. The maximum absolute atomic E-state index is 12.3. The van der Waals surface area contributed by atoms with Gasteiger partial charge < -0.3 is 5.32 Å². The van der Waals surface area contributed by atoms with Gasteiger partial charge in [-0.2, -0.15) is 0 Å². The molecule has 0 bridgehead atoms. The first-order valence-corrected chi connectivity index (χ1v) is 10.0.